The highest BCUT2D eigenvalue weighted by Crippen LogP contribution is 2.32. The zero-order chi connectivity index (χ0) is 25.7. The van der Waals surface area contributed by atoms with Gasteiger partial charge >= 0.3 is 0 Å². The Hall–Kier alpha value is -2.85. The van der Waals surface area contributed by atoms with Crippen LogP contribution in [0.25, 0.3) is 11.3 Å². The molecule has 1 unspecified atom stereocenters. The summed E-state index contributed by atoms with van der Waals surface area (Å²) >= 11 is 14.8. The van der Waals surface area contributed by atoms with Gasteiger partial charge in [-0.05, 0) is 43.7 Å². The molecule has 4 rings (SSSR count). The number of thiazole rings is 1. The summed E-state index contributed by atoms with van der Waals surface area (Å²) in [5.74, 6) is 1.38. The second-order valence-corrected chi connectivity index (χ2v) is 10.4. The number of hydrogen-bond donors (Lipinski definition) is 1. The topological polar surface area (TPSA) is 81.9 Å². The minimum atomic E-state index is -0.338. The number of anilines is 1. The van der Waals surface area contributed by atoms with Gasteiger partial charge in [0, 0.05) is 22.5 Å². The lowest BCUT2D eigenvalue weighted by atomic mass is 10.2. The Morgan fingerprint density at radius 2 is 2.08 bits per heavy atom. The standard InChI is InChI=1S/C25H23Cl2N5O2S2/c1-4-11-32-23(16(3)34-21-8-6-5-7-15(21)2)30-31-25(32)36-14-22(33)29-24-28-20(13-35-24)18-10-9-17(26)12-19(18)27/h4-10,12-13,16H,1,11,14H2,2-3H3,(H,28,29,33). The molecule has 0 radical (unpaired) electrons. The number of hydrogen-bond acceptors (Lipinski definition) is 7. The number of amides is 1. The van der Waals surface area contributed by atoms with Crippen LogP contribution in [-0.2, 0) is 11.3 Å². The number of nitrogens with one attached hydrogen (secondary N) is 1. The van der Waals surface area contributed by atoms with E-state index >= 15 is 0 Å². The fourth-order valence-corrected chi connectivity index (χ4v) is 5.36. The van der Waals surface area contributed by atoms with E-state index < -0.39 is 0 Å². The maximum atomic E-state index is 12.6. The molecule has 2 aromatic heterocycles. The summed E-state index contributed by atoms with van der Waals surface area (Å²) in [6.07, 6.45) is 1.42. The van der Waals surface area contributed by atoms with Crippen molar-refractivity contribution in [3.8, 4) is 17.0 Å². The van der Waals surface area contributed by atoms with Crippen molar-refractivity contribution in [2.75, 3.05) is 11.1 Å². The maximum absolute atomic E-state index is 12.6. The van der Waals surface area contributed by atoms with Crippen LogP contribution < -0.4 is 10.1 Å². The number of carbonyl (C=O) groups is 1. The molecule has 0 aliphatic heterocycles. The van der Waals surface area contributed by atoms with E-state index in [1.807, 2.05) is 48.1 Å². The Labute approximate surface area is 227 Å². The van der Waals surface area contributed by atoms with Crippen LogP contribution in [-0.4, -0.2) is 31.4 Å². The molecule has 0 spiro atoms. The molecular formula is C25H23Cl2N5O2S2. The summed E-state index contributed by atoms with van der Waals surface area (Å²) in [5, 5.41) is 15.4. The lowest BCUT2D eigenvalue weighted by Gasteiger charge is -2.17. The van der Waals surface area contributed by atoms with Crippen molar-refractivity contribution in [3.63, 3.8) is 0 Å². The summed E-state index contributed by atoms with van der Waals surface area (Å²) in [7, 11) is 0. The van der Waals surface area contributed by atoms with Gasteiger partial charge in [0.25, 0.3) is 0 Å². The van der Waals surface area contributed by atoms with Gasteiger partial charge in [0.05, 0.1) is 16.5 Å². The zero-order valence-electron chi connectivity index (χ0n) is 19.6. The number of thioether (sulfide) groups is 1. The highest BCUT2D eigenvalue weighted by atomic mass is 35.5. The Morgan fingerprint density at radius 3 is 2.83 bits per heavy atom. The van der Waals surface area contributed by atoms with E-state index in [0.29, 0.717) is 38.4 Å². The number of benzene rings is 2. The largest absolute Gasteiger partial charge is 0.482 e. The quantitative estimate of drug-likeness (QED) is 0.165. The van der Waals surface area contributed by atoms with Gasteiger partial charge in [-0.2, -0.15) is 0 Å². The molecule has 36 heavy (non-hydrogen) atoms. The van der Waals surface area contributed by atoms with Crippen LogP contribution in [0.15, 0.2) is 65.7 Å². The first-order chi connectivity index (χ1) is 17.4. The Bertz CT molecular complexity index is 1390. The number of para-hydroxylation sites is 1. The summed E-state index contributed by atoms with van der Waals surface area (Å²) in [5.41, 5.74) is 2.45. The number of halogens is 2. The average Bonchev–Trinajstić information content (AvgIpc) is 3.46. The van der Waals surface area contributed by atoms with Crippen LogP contribution in [0.2, 0.25) is 10.0 Å². The second kappa shape index (κ2) is 11.9. The molecular weight excluding hydrogens is 537 g/mol. The number of nitrogens with zero attached hydrogens (tertiary/aromatic N) is 4. The molecule has 11 heteroatoms. The number of rotatable bonds is 10. The third kappa shape index (κ3) is 6.28. The molecule has 186 valence electrons. The van der Waals surface area contributed by atoms with Gasteiger partial charge in [0.2, 0.25) is 5.91 Å². The van der Waals surface area contributed by atoms with Crippen molar-refractivity contribution in [2.24, 2.45) is 0 Å². The molecule has 0 bridgehead atoms. The van der Waals surface area contributed by atoms with Crippen molar-refractivity contribution < 1.29 is 9.53 Å². The van der Waals surface area contributed by atoms with Crippen molar-refractivity contribution in [1.29, 1.82) is 0 Å². The summed E-state index contributed by atoms with van der Waals surface area (Å²) < 4.78 is 8.02. The molecule has 1 atom stereocenters. The van der Waals surface area contributed by atoms with Crippen molar-refractivity contribution >= 4 is 57.3 Å². The highest BCUT2D eigenvalue weighted by molar-refractivity contribution is 7.99. The van der Waals surface area contributed by atoms with Gasteiger partial charge in [-0.1, -0.05) is 59.2 Å². The third-order valence-electron chi connectivity index (χ3n) is 5.11. The number of aromatic nitrogens is 4. The van der Waals surface area contributed by atoms with E-state index in [2.05, 4.69) is 27.1 Å². The van der Waals surface area contributed by atoms with Gasteiger partial charge < -0.3 is 10.1 Å². The van der Waals surface area contributed by atoms with E-state index in [-0.39, 0.29) is 17.8 Å². The highest BCUT2D eigenvalue weighted by Gasteiger charge is 2.20. The van der Waals surface area contributed by atoms with Crippen LogP contribution in [0.1, 0.15) is 24.4 Å². The number of aryl methyl sites for hydroxylation is 1. The van der Waals surface area contributed by atoms with E-state index in [9.17, 15) is 4.79 Å². The van der Waals surface area contributed by atoms with Gasteiger partial charge in [-0.15, -0.1) is 28.1 Å². The first-order valence-corrected chi connectivity index (χ1v) is 13.6. The summed E-state index contributed by atoms with van der Waals surface area (Å²) in [4.78, 5) is 17.1. The van der Waals surface area contributed by atoms with Crippen molar-refractivity contribution in [2.45, 2.75) is 31.7 Å². The van der Waals surface area contributed by atoms with Gasteiger partial charge in [-0.3, -0.25) is 9.36 Å². The lowest BCUT2D eigenvalue weighted by Crippen LogP contribution is -2.15. The van der Waals surface area contributed by atoms with E-state index in [1.165, 1.54) is 23.1 Å². The summed E-state index contributed by atoms with van der Waals surface area (Å²) in [6, 6.07) is 13.0. The molecule has 0 saturated heterocycles. The smallest absolute Gasteiger partial charge is 0.236 e. The van der Waals surface area contributed by atoms with Crippen LogP contribution in [0.3, 0.4) is 0 Å². The Morgan fingerprint density at radius 1 is 1.28 bits per heavy atom. The van der Waals surface area contributed by atoms with Crippen molar-refractivity contribution in [3.05, 3.63) is 81.9 Å². The first kappa shape index (κ1) is 26.2. The normalized spacial score (nSPS) is 11.8. The molecule has 7 nitrogen and oxygen atoms in total. The minimum absolute atomic E-state index is 0.138. The van der Waals surface area contributed by atoms with Crippen LogP contribution in [0.4, 0.5) is 5.13 Å². The SMILES string of the molecule is C=CCn1c(SCC(=O)Nc2nc(-c3ccc(Cl)cc3Cl)cs2)nnc1C(C)Oc1ccccc1C. The Balaban J connectivity index is 1.40. The van der Waals surface area contributed by atoms with E-state index in [1.54, 1.807) is 24.3 Å². The molecule has 0 fully saturated rings. The van der Waals surface area contributed by atoms with Crippen LogP contribution in [0.5, 0.6) is 5.75 Å². The molecule has 0 aliphatic carbocycles. The van der Waals surface area contributed by atoms with E-state index in [4.69, 9.17) is 27.9 Å². The molecule has 0 saturated carbocycles. The fraction of sp³-hybridized carbons (Fsp3) is 0.200. The fourth-order valence-electron chi connectivity index (χ4n) is 3.38. The molecule has 2 aromatic carbocycles. The van der Waals surface area contributed by atoms with Gasteiger partial charge in [0.1, 0.15) is 5.75 Å². The molecule has 4 aromatic rings. The maximum Gasteiger partial charge on any atom is 0.236 e. The molecule has 1 N–H and O–H groups in total. The van der Waals surface area contributed by atoms with E-state index in [0.717, 1.165) is 16.9 Å². The molecule has 2 heterocycles. The molecule has 0 aliphatic rings. The third-order valence-corrected chi connectivity index (χ3v) is 7.38. The Kier molecular flexibility index (Phi) is 8.68. The first-order valence-electron chi connectivity index (χ1n) is 11.0. The zero-order valence-corrected chi connectivity index (χ0v) is 22.7. The number of carbonyl (C=O) groups excluding carboxylic acids is 1. The second-order valence-electron chi connectivity index (χ2n) is 7.76. The van der Waals surface area contributed by atoms with Crippen LogP contribution in [0, 0.1) is 6.92 Å². The predicted octanol–water partition coefficient (Wildman–Crippen LogP) is 7.07. The summed E-state index contributed by atoms with van der Waals surface area (Å²) in [6.45, 7) is 8.24. The monoisotopic (exact) mass is 559 g/mol. The van der Waals surface area contributed by atoms with Gasteiger partial charge in [-0.25, -0.2) is 4.98 Å². The predicted molar refractivity (Wildman–Crippen MR) is 147 cm³/mol. The minimum Gasteiger partial charge on any atom is -0.482 e. The lowest BCUT2D eigenvalue weighted by molar-refractivity contribution is -0.113. The molecule has 1 amide bonds. The van der Waals surface area contributed by atoms with Crippen molar-refractivity contribution in [1.82, 2.24) is 19.7 Å². The number of allylic oxidation sites excluding steroid dienone is 1. The van der Waals surface area contributed by atoms with Crippen LogP contribution >= 0.6 is 46.3 Å². The average molecular weight is 561 g/mol. The van der Waals surface area contributed by atoms with Gasteiger partial charge in [0.15, 0.2) is 22.2 Å². The number of ether oxygens (including phenoxy) is 1.